The maximum Gasteiger partial charge on any atom is 0.0691 e. The van der Waals surface area contributed by atoms with Crippen LogP contribution in [0, 0.1) is 0 Å². The van der Waals surface area contributed by atoms with Gasteiger partial charge in [-0.15, -0.1) is 0 Å². The molecule has 0 atom stereocenters. The molecule has 0 aromatic heterocycles. The van der Waals surface area contributed by atoms with Gasteiger partial charge in [-0.1, -0.05) is 57.8 Å². The van der Waals surface area contributed by atoms with Crippen LogP contribution in [0.3, 0.4) is 0 Å². The van der Waals surface area contributed by atoms with Crippen molar-refractivity contribution in [3.63, 3.8) is 0 Å². The molecule has 0 heterocycles. The molecule has 0 amide bonds. The summed E-state index contributed by atoms with van der Waals surface area (Å²) < 4.78 is 0. The van der Waals surface area contributed by atoms with Crippen LogP contribution in [-0.2, 0) is 0 Å². The smallest absolute Gasteiger partial charge is 0.0691 e. The summed E-state index contributed by atoms with van der Waals surface area (Å²) >= 11 is 0. The molecular weight excluding hydrogens is 244 g/mol. The van der Waals surface area contributed by atoms with Gasteiger partial charge in [0.25, 0.3) is 0 Å². The molecule has 3 aliphatic carbocycles. The van der Waals surface area contributed by atoms with Crippen LogP contribution in [0.4, 0.5) is 0 Å². The summed E-state index contributed by atoms with van der Waals surface area (Å²) in [4.78, 5) is 0. The SMILES string of the molecule is C1CCC(NC2(NC3CCCCC3)CCCCC2)CC1. The van der Waals surface area contributed by atoms with E-state index in [1.54, 1.807) is 0 Å². The lowest BCUT2D eigenvalue weighted by Gasteiger charge is -2.45. The molecule has 20 heavy (non-hydrogen) atoms. The minimum atomic E-state index is 0.294. The van der Waals surface area contributed by atoms with Crippen LogP contribution in [0.5, 0.6) is 0 Å². The number of nitrogens with one attached hydrogen (secondary N) is 2. The van der Waals surface area contributed by atoms with Crippen molar-refractivity contribution >= 4 is 0 Å². The van der Waals surface area contributed by atoms with Crippen LogP contribution >= 0.6 is 0 Å². The van der Waals surface area contributed by atoms with Crippen molar-refractivity contribution < 1.29 is 0 Å². The van der Waals surface area contributed by atoms with Crippen LogP contribution in [0.15, 0.2) is 0 Å². The van der Waals surface area contributed by atoms with E-state index in [1.807, 2.05) is 0 Å². The Kier molecular flexibility index (Phi) is 5.39. The van der Waals surface area contributed by atoms with Gasteiger partial charge in [-0.2, -0.15) is 0 Å². The van der Waals surface area contributed by atoms with Crippen LogP contribution < -0.4 is 10.6 Å². The van der Waals surface area contributed by atoms with E-state index in [0.29, 0.717) is 5.66 Å². The average molecular weight is 278 g/mol. The summed E-state index contributed by atoms with van der Waals surface area (Å²) in [6.45, 7) is 0. The van der Waals surface area contributed by atoms with E-state index < -0.39 is 0 Å². The molecule has 3 saturated carbocycles. The third-order valence-corrected chi connectivity index (χ3v) is 5.88. The lowest BCUT2D eigenvalue weighted by atomic mass is 9.84. The summed E-state index contributed by atoms with van der Waals surface area (Å²) in [7, 11) is 0. The van der Waals surface area contributed by atoms with Crippen molar-refractivity contribution in [2.45, 2.75) is 114 Å². The van der Waals surface area contributed by atoms with Crippen molar-refractivity contribution in [1.82, 2.24) is 10.6 Å². The fourth-order valence-corrected chi connectivity index (χ4v) is 4.76. The zero-order valence-corrected chi connectivity index (χ0v) is 13.3. The fourth-order valence-electron chi connectivity index (χ4n) is 4.76. The van der Waals surface area contributed by atoms with Gasteiger partial charge in [-0.3, -0.25) is 10.6 Å². The fraction of sp³-hybridized carbons (Fsp3) is 1.00. The van der Waals surface area contributed by atoms with E-state index in [9.17, 15) is 0 Å². The Balaban J connectivity index is 1.60. The molecule has 0 aromatic rings. The van der Waals surface area contributed by atoms with E-state index in [0.717, 1.165) is 12.1 Å². The maximum atomic E-state index is 4.11. The predicted octanol–water partition coefficient (Wildman–Crippen LogP) is 4.49. The first-order valence-electron chi connectivity index (χ1n) is 9.42. The maximum absolute atomic E-state index is 4.11. The second kappa shape index (κ2) is 7.26. The summed E-state index contributed by atoms with van der Waals surface area (Å²) in [5.41, 5.74) is 0.294. The van der Waals surface area contributed by atoms with E-state index in [2.05, 4.69) is 10.6 Å². The Hall–Kier alpha value is -0.0800. The Morgan fingerprint density at radius 2 is 0.900 bits per heavy atom. The lowest BCUT2D eigenvalue weighted by molar-refractivity contribution is 0.121. The Bertz CT molecular complexity index is 249. The quantitative estimate of drug-likeness (QED) is 0.740. The van der Waals surface area contributed by atoms with Crippen LogP contribution in [0.1, 0.15) is 96.3 Å². The minimum Gasteiger partial charge on any atom is -0.297 e. The Labute approximate surface area is 125 Å². The van der Waals surface area contributed by atoms with Gasteiger partial charge in [0, 0.05) is 12.1 Å². The lowest BCUT2D eigenvalue weighted by Crippen LogP contribution is -2.63. The van der Waals surface area contributed by atoms with E-state index in [-0.39, 0.29) is 0 Å². The van der Waals surface area contributed by atoms with Crippen LogP contribution in [0.25, 0.3) is 0 Å². The normalized spacial score (nSPS) is 29.4. The highest BCUT2D eigenvalue weighted by atomic mass is 15.2. The van der Waals surface area contributed by atoms with Gasteiger partial charge in [0.15, 0.2) is 0 Å². The third-order valence-electron chi connectivity index (χ3n) is 5.88. The van der Waals surface area contributed by atoms with Crippen molar-refractivity contribution in [2.24, 2.45) is 0 Å². The first-order chi connectivity index (χ1) is 9.86. The van der Waals surface area contributed by atoms with Crippen molar-refractivity contribution in [1.29, 1.82) is 0 Å². The van der Waals surface area contributed by atoms with Crippen molar-refractivity contribution in [2.75, 3.05) is 0 Å². The summed E-state index contributed by atoms with van der Waals surface area (Å²) in [5.74, 6) is 0. The molecular formula is C18H34N2. The first kappa shape index (κ1) is 14.8. The van der Waals surface area contributed by atoms with Gasteiger partial charge < -0.3 is 0 Å². The molecule has 0 unspecified atom stereocenters. The Morgan fingerprint density at radius 1 is 0.500 bits per heavy atom. The van der Waals surface area contributed by atoms with Gasteiger partial charge in [-0.05, 0) is 38.5 Å². The van der Waals surface area contributed by atoms with Gasteiger partial charge in [-0.25, -0.2) is 0 Å². The molecule has 2 heteroatoms. The van der Waals surface area contributed by atoms with Crippen molar-refractivity contribution in [3.8, 4) is 0 Å². The highest BCUT2D eigenvalue weighted by Crippen LogP contribution is 2.31. The molecule has 3 rings (SSSR count). The molecule has 0 saturated heterocycles. The minimum absolute atomic E-state index is 0.294. The number of hydrogen-bond donors (Lipinski definition) is 2. The van der Waals surface area contributed by atoms with E-state index >= 15 is 0 Å². The summed E-state index contributed by atoms with van der Waals surface area (Å²) in [5, 5.41) is 8.21. The average Bonchev–Trinajstić information content (AvgIpc) is 2.50. The number of hydrogen-bond acceptors (Lipinski definition) is 2. The molecule has 0 aliphatic heterocycles. The molecule has 0 bridgehead atoms. The monoisotopic (exact) mass is 278 g/mol. The first-order valence-corrected chi connectivity index (χ1v) is 9.42. The molecule has 0 aromatic carbocycles. The van der Waals surface area contributed by atoms with Gasteiger partial charge in [0.2, 0.25) is 0 Å². The highest BCUT2D eigenvalue weighted by molar-refractivity contribution is 4.94. The molecule has 3 aliphatic rings. The summed E-state index contributed by atoms with van der Waals surface area (Å²) in [6.07, 6.45) is 21.3. The van der Waals surface area contributed by atoms with Gasteiger partial charge in [0.05, 0.1) is 5.66 Å². The van der Waals surface area contributed by atoms with Gasteiger partial charge >= 0.3 is 0 Å². The van der Waals surface area contributed by atoms with Crippen molar-refractivity contribution in [3.05, 3.63) is 0 Å². The highest BCUT2D eigenvalue weighted by Gasteiger charge is 2.36. The molecule has 116 valence electrons. The van der Waals surface area contributed by atoms with Gasteiger partial charge in [0.1, 0.15) is 0 Å². The van der Waals surface area contributed by atoms with E-state index in [4.69, 9.17) is 0 Å². The standard InChI is InChI=1S/C18H34N2/c1-4-10-16(11-5-1)19-18(14-8-3-9-15-18)20-17-12-6-2-7-13-17/h16-17,19-20H,1-15H2. The third kappa shape index (κ3) is 3.98. The second-order valence-corrected chi connectivity index (χ2v) is 7.60. The summed E-state index contributed by atoms with van der Waals surface area (Å²) in [6, 6.07) is 1.58. The molecule has 2 N–H and O–H groups in total. The largest absolute Gasteiger partial charge is 0.297 e. The van der Waals surface area contributed by atoms with E-state index in [1.165, 1.54) is 96.3 Å². The zero-order chi connectivity index (χ0) is 13.7. The zero-order valence-electron chi connectivity index (χ0n) is 13.3. The van der Waals surface area contributed by atoms with Crippen LogP contribution in [0.2, 0.25) is 0 Å². The number of rotatable bonds is 4. The predicted molar refractivity (Wildman–Crippen MR) is 85.8 cm³/mol. The second-order valence-electron chi connectivity index (χ2n) is 7.60. The molecule has 0 spiro atoms. The molecule has 2 nitrogen and oxygen atoms in total. The molecule has 3 fully saturated rings. The topological polar surface area (TPSA) is 24.1 Å². The van der Waals surface area contributed by atoms with Crippen LogP contribution in [-0.4, -0.2) is 17.7 Å². The Morgan fingerprint density at radius 3 is 1.35 bits per heavy atom. The molecule has 0 radical (unpaired) electrons.